The van der Waals surface area contributed by atoms with E-state index in [1.54, 1.807) is 11.8 Å². The summed E-state index contributed by atoms with van der Waals surface area (Å²) in [5.74, 6) is 0.902. The van der Waals surface area contributed by atoms with E-state index in [2.05, 4.69) is 11.1 Å². The van der Waals surface area contributed by atoms with Crippen LogP contribution in [0.3, 0.4) is 0 Å². The second-order valence-corrected chi connectivity index (χ2v) is 6.59. The van der Waals surface area contributed by atoms with E-state index in [0.29, 0.717) is 26.3 Å². The molecule has 21 heavy (non-hydrogen) atoms. The topological polar surface area (TPSA) is 41.9 Å². The average molecular weight is 300 g/mol. The molecular weight excluding hydrogens is 284 g/mol. The zero-order valence-electron chi connectivity index (χ0n) is 11.6. The van der Waals surface area contributed by atoms with Crippen molar-refractivity contribution in [1.82, 2.24) is 4.90 Å². The highest BCUT2D eigenvalue weighted by Crippen LogP contribution is 2.48. The van der Waals surface area contributed by atoms with Crippen LogP contribution in [-0.4, -0.2) is 53.3 Å². The van der Waals surface area contributed by atoms with Crippen LogP contribution in [-0.2, 0) is 9.53 Å². The predicted molar refractivity (Wildman–Crippen MR) is 84.5 cm³/mol. The number of morpholine rings is 1. The maximum atomic E-state index is 12.8. The number of carbonyl (C=O) groups is 1. The predicted octanol–water partition coefficient (Wildman–Crippen LogP) is 1.72. The Kier molecular flexibility index (Phi) is 3.12. The number of aliphatic imine (C=N–C) groups is 1. The van der Waals surface area contributed by atoms with Crippen LogP contribution in [0, 0.1) is 0 Å². The molecule has 1 aliphatic carbocycles. The molecule has 1 unspecified atom stereocenters. The van der Waals surface area contributed by atoms with E-state index in [9.17, 15) is 4.79 Å². The molecule has 1 amide bonds. The quantitative estimate of drug-likeness (QED) is 0.740. The van der Waals surface area contributed by atoms with Crippen molar-refractivity contribution in [3.63, 3.8) is 0 Å². The number of amides is 1. The molecule has 0 aromatic carbocycles. The van der Waals surface area contributed by atoms with Crippen LogP contribution in [0.2, 0.25) is 0 Å². The van der Waals surface area contributed by atoms with Gasteiger partial charge in [-0.15, -0.1) is 11.8 Å². The average Bonchev–Trinajstić information content (AvgIpc) is 2.93. The third kappa shape index (κ3) is 1.95. The molecule has 0 N–H and O–H groups in total. The molecule has 3 aliphatic heterocycles. The van der Waals surface area contributed by atoms with Crippen LogP contribution in [0.15, 0.2) is 52.7 Å². The second kappa shape index (κ2) is 5.00. The van der Waals surface area contributed by atoms with Crippen molar-refractivity contribution in [3.05, 3.63) is 47.7 Å². The molecule has 4 nitrogen and oxygen atoms in total. The van der Waals surface area contributed by atoms with Gasteiger partial charge in [-0.3, -0.25) is 9.79 Å². The number of hydrogen-bond acceptors (Lipinski definition) is 4. The summed E-state index contributed by atoms with van der Waals surface area (Å²) in [7, 11) is 0. The van der Waals surface area contributed by atoms with Crippen molar-refractivity contribution in [3.8, 4) is 0 Å². The molecular formula is C16H16N2O2S. The summed E-state index contributed by atoms with van der Waals surface area (Å²) in [6.07, 6.45) is 12.1. The number of hydrogen-bond donors (Lipinski definition) is 0. The lowest BCUT2D eigenvalue weighted by Crippen LogP contribution is -2.42. The lowest BCUT2D eigenvalue weighted by atomic mass is 9.85. The van der Waals surface area contributed by atoms with Gasteiger partial charge in [-0.25, -0.2) is 0 Å². The maximum absolute atomic E-state index is 12.8. The van der Waals surface area contributed by atoms with Gasteiger partial charge < -0.3 is 9.64 Å². The molecule has 1 fully saturated rings. The Morgan fingerprint density at radius 2 is 2.14 bits per heavy atom. The molecule has 1 atom stereocenters. The Balaban J connectivity index is 1.72. The fraction of sp³-hybridized carbons (Fsp3) is 0.375. The zero-order valence-corrected chi connectivity index (χ0v) is 12.4. The fourth-order valence-corrected chi connectivity index (χ4v) is 4.59. The normalized spacial score (nSPS) is 30.3. The Morgan fingerprint density at radius 1 is 1.29 bits per heavy atom. The molecule has 0 aromatic rings. The van der Waals surface area contributed by atoms with Gasteiger partial charge in [-0.2, -0.15) is 0 Å². The van der Waals surface area contributed by atoms with Gasteiger partial charge in [0.05, 0.1) is 18.9 Å². The molecule has 4 aliphatic rings. The van der Waals surface area contributed by atoms with Gasteiger partial charge in [0.2, 0.25) is 0 Å². The molecule has 108 valence electrons. The Morgan fingerprint density at radius 3 is 3.00 bits per heavy atom. The molecule has 1 saturated heterocycles. The first-order valence-electron chi connectivity index (χ1n) is 7.17. The van der Waals surface area contributed by atoms with E-state index < -0.39 is 0 Å². The molecule has 4 rings (SSSR count). The summed E-state index contributed by atoms with van der Waals surface area (Å²) >= 11 is 1.79. The molecule has 0 aromatic heterocycles. The van der Waals surface area contributed by atoms with E-state index in [-0.39, 0.29) is 10.7 Å². The van der Waals surface area contributed by atoms with E-state index >= 15 is 0 Å². The minimum absolute atomic E-state index is 0.159. The number of allylic oxidation sites excluding steroid dienone is 4. The summed E-state index contributed by atoms with van der Waals surface area (Å²) in [6.45, 7) is 2.65. The molecule has 0 bridgehead atoms. The zero-order chi connectivity index (χ0) is 14.3. The van der Waals surface area contributed by atoms with Gasteiger partial charge in [-0.05, 0) is 17.7 Å². The van der Waals surface area contributed by atoms with Gasteiger partial charge in [0, 0.05) is 30.6 Å². The first-order valence-corrected chi connectivity index (χ1v) is 8.15. The third-order valence-corrected chi connectivity index (χ3v) is 5.71. The van der Waals surface area contributed by atoms with Gasteiger partial charge in [0.15, 0.2) is 0 Å². The summed E-state index contributed by atoms with van der Waals surface area (Å²) in [5, 5.41) is 0. The van der Waals surface area contributed by atoms with Crippen LogP contribution in [0.1, 0.15) is 0 Å². The van der Waals surface area contributed by atoms with Crippen LogP contribution >= 0.6 is 11.8 Å². The molecule has 0 radical (unpaired) electrons. The number of nitrogens with zero attached hydrogens (tertiary/aromatic N) is 2. The van der Waals surface area contributed by atoms with Crippen molar-refractivity contribution in [2.75, 3.05) is 32.1 Å². The number of ether oxygens (including phenoxy) is 1. The number of carbonyl (C=O) groups excluding carboxylic acids is 1. The van der Waals surface area contributed by atoms with E-state index in [1.807, 2.05) is 35.4 Å². The second-order valence-electron chi connectivity index (χ2n) is 5.37. The van der Waals surface area contributed by atoms with Gasteiger partial charge >= 0.3 is 0 Å². The smallest absolute Gasteiger partial charge is 0.251 e. The van der Waals surface area contributed by atoms with Crippen LogP contribution in [0.25, 0.3) is 0 Å². The van der Waals surface area contributed by atoms with E-state index in [1.165, 1.54) is 0 Å². The Bertz CT molecular complexity index is 639. The maximum Gasteiger partial charge on any atom is 0.251 e. The van der Waals surface area contributed by atoms with Crippen LogP contribution in [0.5, 0.6) is 0 Å². The summed E-state index contributed by atoms with van der Waals surface area (Å²) < 4.78 is 5.09. The van der Waals surface area contributed by atoms with Gasteiger partial charge in [0.1, 0.15) is 4.75 Å². The number of rotatable bonds is 1. The minimum atomic E-state index is -0.249. The highest BCUT2D eigenvalue weighted by atomic mass is 32.2. The highest BCUT2D eigenvalue weighted by molar-refractivity contribution is 8.02. The van der Waals surface area contributed by atoms with Crippen molar-refractivity contribution in [1.29, 1.82) is 0 Å². The highest BCUT2D eigenvalue weighted by Gasteiger charge is 2.46. The Labute approximate surface area is 127 Å². The van der Waals surface area contributed by atoms with Crippen molar-refractivity contribution < 1.29 is 9.53 Å². The van der Waals surface area contributed by atoms with Crippen molar-refractivity contribution in [2.24, 2.45) is 4.99 Å². The van der Waals surface area contributed by atoms with Gasteiger partial charge in [-0.1, -0.05) is 18.2 Å². The van der Waals surface area contributed by atoms with Crippen molar-refractivity contribution in [2.45, 2.75) is 4.75 Å². The molecule has 0 saturated carbocycles. The number of thioether (sulfide) groups is 1. The molecule has 1 spiro atoms. The molecule has 3 heterocycles. The van der Waals surface area contributed by atoms with Crippen molar-refractivity contribution >= 4 is 23.4 Å². The van der Waals surface area contributed by atoms with E-state index in [4.69, 9.17) is 4.74 Å². The standard InChI is InChI=1S/C16H16N2O2S/c19-15(18-7-9-20-10-8-18)12-11-21-16-5-2-1-3-14(16)17-6-4-13(12)16/h1-6H,7-11H2. The summed E-state index contributed by atoms with van der Waals surface area (Å²) in [4.78, 5) is 19.2. The van der Waals surface area contributed by atoms with Crippen LogP contribution < -0.4 is 0 Å². The lowest BCUT2D eigenvalue weighted by molar-refractivity contribution is -0.131. The summed E-state index contributed by atoms with van der Waals surface area (Å²) in [5.41, 5.74) is 3.05. The SMILES string of the molecule is O=C(C1=C2C=CN=C3C=CC=CC32SC1)N1CCOCC1. The van der Waals surface area contributed by atoms with Gasteiger partial charge in [0.25, 0.3) is 5.91 Å². The lowest BCUT2D eigenvalue weighted by Gasteiger charge is -2.31. The Hall–Kier alpha value is -1.59. The monoisotopic (exact) mass is 300 g/mol. The largest absolute Gasteiger partial charge is 0.378 e. The minimum Gasteiger partial charge on any atom is -0.378 e. The molecule has 5 heteroatoms. The first-order chi connectivity index (χ1) is 10.3. The van der Waals surface area contributed by atoms with E-state index in [0.717, 1.165) is 22.6 Å². The van der Waals surface area contributed by atoms with Crippen LogP contribution in [0.4, 0.5) is 0 Å². The summed E-state index contributed by atoms with van der Waals surface area (Å²) in [6, 6.07) is 0. The third-order valence-electron chi connectivity index (χ3n) is 4.26. The fourth-order valence-electron chi connectivity index (χ4n) is 3.15. The first kappa shape index (κ1) is 13.1.